The fourth-order valence-electron chi connectivity index (χ4n) is 3.21. The molecule has 0 spiro atoms. The van der Waals surface area contributed by atoms with Crippen molar-refractivity contribution in [3.63, 3.8) is 0 Å². The summed E-state index contributed by atoms with van der Waals surface area (Å²) in [5.41, 5.74) is 4.74. The molecule has 0 fully saturated rings. The average molecular weight is 430 g/mol. The Hall–Kier alpha value is -2.82. The molecule has 7 nitrogen and oxygen atoms in total. The molecule has 3 rings (SSSR count). The van der Waals surface area contributed by atoms with Gasteiger partial charge >= 0.3 is 0 Å². The Bertz CT molecular complexity index is 1110. The first-order chi connectivity index (χ1) is 13.8. The lowest BCUT2D eigenvalue weighted by Crippen LogP contribution is -2.27. The summed E-state index contributed by atoms with van der Waals surface area (Å²) in [4.78, 5) is 13.1. The molecule has 0 amide bonds. The summed E-state index contributed by atoms with van der Waals surface area (Å²) in [6.07, 6.45) is 3.96. The molecule has 2 N–H and O–H groups in total. The van der Waals surface area contributed by atoms with E-state index in [0.717, 1.165) is 11.3 Å². The zero-order valence-electron chi connectivity index (χ0n) is 16.6. The summed E-state index contributed by atoms with van der Waals surface area (Å²) < 4.78 is 2.03. The number of nitrogens with one attached hydrogen (secondary N) is 2. The zero-order valence-corrected chi connectivity index (χ0v) is 18.1. The second-order valence-corrected chi connectivity index (χ2v) is 7.78. The van der Waals surface area contributed by atoms with Gasteiger partial charge in [0.25, 0.3) is 0 Å². The standard InChI is InChI=1S/C20H21Cl2N7/c1-11(2)15-5-14(26-19-18(15)12(3)9-29(19)4)8-24-20(25-10-23)27-13-6-16(21)28-17(22)7-13/h5-7,9,11H,8H2,1-4H3,(H2,24,25,27,28). The molecule has 0 bridgehead atoms. The predicted molar refractivity (Wildman–Crippen MR) is 117 cm³/mol. The lowest BCUT2D eigenvalue weighted by molar-refractivity contribution is 0.858. The topological polar surface area (TPSA) is 90.9 Å². The molecule has 0 aliphatic heterocycles. The van der Waals surface area contributed by atoms with Gasteiger partial charge in [-0.2, -0.15) is 5.26 Å². The third-order valence-corrected chi connectivity index (χ3v) is 4.81. The molecule has 9 heteroatoms. The van der Waals surface area contributed by atoms with E-state index in [2.05, 4.69) is 53.6 Å². The van der Waals surface area contributed by atoms with Crippen LogP contribution >= 0.6 is 23.2 Å². The highest BCUT2D eigenvalue weighted by Crippen LogP contribution is 2.29. The van der Waals surface area contributed by atoms with Gasteiger partial charge in [-0.15, -0.1) is 0 Å². The first-order valence-electron chi connectivity index (χ1n) is 9.03. The van der Waals surface area contributed by atoms with Crippen molar-refractivity contribution < 1.29 is 0 Å². The molecule has 29 heavy (non-hydrogen) atoms. The van der Waals surface area contributed by atoms with E-state index in [1.807, 2.05) is 17.8 Å². The number of anilines is 1. The van der Waals surface area contributed by atoms with Crippen LogP contribution in [0.15, 0.2) is 29.4 Å². The number of halogens is 2. The van der Waals surface area contributed by atoms with E-state index in [0.29, 0.717) is 18.2 Å². The Balaban J connectivity index is 1.94. The number of nitrogens with zero attached hydrogens (tertiary/aromatic N) is 5. The van der Waals surface area contributed by atoms with Gasteiger partial charge in [-0.3, -0.25) is 5.32 Å². The van der Waals surface area contributed by atoms with Crippen molar-refractivity contribution in [2.75, 3.05) is 5.32 Å². The Kier molecular flexibility index (Phi) is 6.26. The number of fused-ring (bicyclic) bond motifs is 1. The second-order valence-electron chi connectivity index (χ2n) is 7.01. The number of nitriles is 1. The zero-order chi connectivity index (χ0) is 21.1. The van der Waals surface area contributed by atoms with Crippen LogP contribution in [0.2, 0.25) is 10.3 Å². The minimum Gasteiger partial charge on any atom is -0.335 e. The fraction of sp³-hybridized carbons (Fsp3) is 0.300. The van der Waals surface area contributed by atoms with Gasteiger partial charge in [0.05, 0.1) is 12.2 Å². The predicted octanol–water partition coefficient (Wildman–Crippen LogP) is 4.75. The molecule has 0 aromatic carbocycles. The van der Waals surface area contributed by atoms with Crippen LogP contribution in [0.25, 0.3) is 11.0 Å². The van der Waals surface area contributed by atoms with Gasteiger partial charge in [0.2, 0.25) is 5.96 Å². The maximum atomic E-state index is 9.05. The van der Waals surface area contributed by atoms with E-state index in [9.17, 15) is 0 Å². The first-order valence-corrected chi connectivity index (χ1v) is 9.79. The van der Waals surface area contributed by atoms with E-state index in [1.165, 1.54) is 16.5 Å². The highest BCUT2D eigenvalue weighted by Gasteiger charge is 2.14. The van der Waals surface area contributed by atoms with Crippen LogP contribution in [-0.2, 0) is 13.6 Å². The normalized spacial score (nSPS) is 11.7. The van der Waals surface area contributed by atoms with Crippen LogP contribution in [0.4, 0.5) is 5.69 Å². The molecule has 0 unspecified atom stereocenters. The van der Waals surface area contributed by atoms with Crippen molar-refractivity contribution >= 4 is 45.9 Å². The van der Waals surface area contributed by atoms with Gasteiger partial charge in [-0.05, 0) is 42.2 Å². The van der Waals surface area contributed by atoms with Crippen LogP contribution in [0.3, 0.4) is 0 Å². The third kappa shape index (κ3) is 4.78. The summed E-state index contributed by atoms with van der Waals surface area (Å²) in [6, 6.07) is 5.26. The minimum absolute atomic E-state index is 0.240. The largest absolute Gasteiger partial charge is 0.335 e. The van der Waals surface area contributed by atoms with Crippen LogP contribution in [0.1, 0.15) is 36.6 Å². The van der Waals surface area contributed by atoms with Crippen LogP contribution in [0.5, 0.6) is 0 Å². The number of rotatable bonds is 4. The van der Waals surface area contributed by atoms with E-state index in [-0.39, 0.29) is 16.3 Å². The van der Waals surface area contributed by atoms with Gasteiger partial charge < -0.3 is 9.88 Å². The molecule has 0 saturated heterocycles. The van der Waals surface area contributed by atoms with Crippen molar-refractivity contribution in [3.8, 4) is 6.19 Å². The smallest absolute Gasteiger partial charge is 0.209 e. The summed E-state index contributed by atoms with van der Waals surface area (Å²) in [5.74, 6) is 0.613. The van der Waals surface area contributed by atoms with Gasteiger partial charge in [0.15, 0.2) is 6.19 Å². The highest BCUT2D eigenvalue weighted by atomic mass is 35.5. The van der Waals surface area contributed by atoms with Crippen molar-refractivity contribution in [2.45, 2.75) is 33.2 Å². The van der Waals surface area contributed by atoms with Crippen molar-refractivity contribution in [2.24, 2.45) is 12.0 Å². The van der Waals surface area contributed by atoms with E-state index in [1.54, 1.807) is 12.1 Å². The number of aryl methyl sites for hydroxylation is 2. The van der Waals surface area contributed by atoms with Gasteiger partial charge in [0, 0.05) is 24.3 Å². The third-order valence-electron chi connectivity index (χ3n) is 4.42. The molecule has 3 aromatic rings. The molecule has 0 radical (unpaired) electrons. The molecular weight excluding hydrogens is 409 g/mol. The number of hydrogen-bond acceptors (Lipinski definition) is 4. The Labute approximate surface area is 179 Å². The number of hydrogen-bond donors (Lipinski definition) is 2. The van der Waals surface area contributed by atoms with E-state index >= 15 is 0 Å². The number of guanidine groups is 1. The molecule has 150 valence electrons. The monoisotopic (exact) mass is 429 g/mol. The Morgan fingerprint density at radius 2 is 1.93 bits per heavy atom. The minimum atomic E-state index is 0.240. The lowest BCUT2D eigenvalue weighted by atomic mass is 9.98. The fourth-order valence-corrected chi connectivity index (χ4v) is 3.67. The highest BCUT2D eigenvalue weighted by molar-refractivity contribution is 6.33. The maximum Gasteiger partial charge on any atom is 0.209 e. The van der Waals surface area contributed by atoms with Crippen molar-refractivity contribution in [1.82, 2.24) is 19.9 Å². The molecule has 3 aromatic heterocycles. The molecule has 0 aliphatic rings. The summed E-state index contributed by atoms with van der Waals surface area (Å²) in [5, 5.41) is 16.2. The van der Waals surface area contributed by atoms with E-state index in [4.69, 9.17) is 33.4 Å². The van der Waals surface area contributed by atoms with Gasteiger partial charge in [-0.1, -0.05) is 37.0 Å². The van der Waals surface area contributed by atoms with E-state index < -0.39 is 0 Å². The molecular formula is C20H21Cl2N7. The summed E-state index contributed by atoms with van der Waals surface area (Å²) in [6.45, 7) is 6.71. The van der Waals surface area contributed by atoms with Gasteiger partial charge in [0.1, 0.15) is 16.0 Å². The lowest BCUT2D eigenvalue weighted by Gasteiger charge is -2.12. The molecule has 0 aliphatic carbocycles. The first kappa shape index (κ1) is 20.9. The number of aromatic nitrogens is 3. The van der Waals surface area contributed by atoms with Crippen molar-refractivity contribution in [1.29, 1.82) is 5.26 Å². The number of pyridine rings is 2. The number of aliphatic imine (C=N–C) groups is 1. The summed E-state index contributed by atoms with van der Waals surface area (Å²) in [7, 11) is 1.99. The molecule has 3 heterocycles. The second kappa shape index (κ2) is 8.68. The molecule has 0 atom stereocenters. The van der Waals surface area contributed by atoms with Gasteiger partial charge in [-0.25, -0.2) is 15.0 Å². The molecule has 0 saturated carbocycles. The average Bonchev–Trinajstić information content (AvgIpc) is 2.92. The van der Waals surface area contributed by atoms with Crippen LogP contribution in [0, 0.1) is 18.4 Å². The Morgan fingerprint density at radius 1 is 1.24 bits per heavy atom. The quantitative estimate of drug-likeness (QED) is 0.205. The Morgan fingerprint density at radius 3 is 2.55 bits per heavy atom. The maximum absolute atomic E-state index is 9.05. The van der Waals surface area contributed by atoms with Crippen molar-refractivity contribution in [3.05, 3.63) is 51.5 Å². The SMILES string of the molecule is Cc1cn(C)c2nc(CN=C(NC#N)Nc3cc(Cl)nc(Cl)c3)cc(C(C)C)c12. The summed E-state index contributed by atoms with van der Waals surface area (Å²) >= 11 is 11.9. The van der Waals surface area contributed by atoms with Crippen LogP contribution in [-0.4, -0.2) is 20.5 Å². The van der Waals surface area contributed by atoms with Crippen LogP contribution < -0.4 is 10.6 Å².